The van der Waals surface area contributed by atoms with Gasteiger partial charge in [-0.15, -0.1) is 0 Å². The molecule has 1 aromatic heterocycles. The first kappa shape index (κ1) is 40.2. The molecule has 1 aliphatic rings. The first-order valence-corrected chi connectivity index (χ1v) is 17.7. The van der Waals surface area contributed by atoms with Crippen molar-refractivity contribution in [3.05, 3.63) is 54.1 Å². The van der Waals surface area contributed by atoms with Gasteiger partial charge in [0, 0.05) is 38.8 Å². The third-order valence-corrected chi connectivity index (χ3v) is 9.13. The van der Waals surface area contributed by atoms with Gasteiger partial charge < -0.3 is 34.7 Å². The minimum Gasteiger partial charge on any atom is -0.456 e. The summed E-state index contributed by atoms with van der Waals surface area (Å²) in [5.41, 5.74) is 1.33. The Morgan fingerprint density at radius 1 is 1.02 bits per heavy atom. The van der Waals surface area contributed by atoms with E-state index in [0.717, 1.165) is 37.0 Å². The molecule has 4 atom stereocenters. The number of aliphatic hydroxyl groups is 1. The zero-order valence-corrected chi connectivity index (χ0v) is 30.1. The molecule has 1 aromatic carbocycles. The Hall–Kier alpha value is -4.26. The first-order chi connectivity index (χ1) is 23.8. The molecule has 0 aliphatic heterocycles. The van der Waals surface area contributed by atoms with E-state index in [1.54, 1.807) is 30.5 Å². The number of carbonyl (C=O) groups is 5. The number of ketones is 1. The first-order valence-electron chi connectivity index (χ1n) is 17.7. The Morgan fingerprint density at radius 3 is 2.34 bits per heavy atom. The highest BCUT2D eigenvalue weighted by atomic mass is 16.6. The number of aliphatic hydroxyl groups excluding tert-OH is 1. The lowest BCUT2D eigenvalue weighted by molar-refractivity contribution is -0.149. The summed E-state index contributed by atoms with van der Waals surface area (Å²) in [6.45, 7) is 4.55. The molecular weight excluding hydrogens is 642 g/mol. The number of carbonyl (C=O) groups excluding carboxylic acids is 5. The van der Waals surface area contributed by atoms with Crippen LogP contribution >= 0.6 is 0 Å². The van der Waals surface area contributed by atoms with Gasteiger partial charge in [0.25, 0.3) is 5.91 Å². The summed E-state index contributed by atoms with van der Waals surface area (Å²) in [5.74, 6) is -1.44. The maximum Gasteiger partial charge on any atom is 0.410 e. The van der Waals surface area contributed by atoms with E-state index in [1.807, 2.05) is 6.07 Å². The number of rotatable bonds is 19. The van der Waals surface area contributed by atoms with Crippen LogP contribution in [0.15, 0.2) is 42.9 Å². The highest BCUT2D eigenvalue weighted by molar-refractivity contribution is 5.91. The van der Waals surface area contributed by atoms with Crippen LogP contribution in [-0.2, 0) is 41.5 Å². The number of esters is 1. The molecule has 2 aromatic rings. The van der Waals surface area contributed by atoms with E-state index in [4.69, 9.17) is 9.47 Å². The fraction of sp³-hybridized carbons (Fsp3) is 0.622. The highest BCUT2D eigenvalue weighted by Crippen LogP contribution is 2.29. The van der Waals surface area contributed by atoms with Crippen molar-refractivity contribution in [1.29, 1.82) is 0 Å². The smallest absolute Gasteiger partial charge is 0.410 e. The van der Waals surface area contributed by atoms with Gasteiger partial charge in [-0.2, -0.15) is 0 Å². The van der Waals surface area contributed by atoms with Gasteiger partial charge in [-0.3, -0.25) is 19.2 Å². The van der Waals surface area contributed by atoms with Crippen LogP contribution in [0.5, 0.6) is 0 Å². The molecule has 3 amide bonds. The normalized spacial score (nSPS) is 15.7. The number of hydrogen-bond donors (Lipinski definition) is 3. The molecule has 0 spiro atoms. The molecule has 13 heteroatoms. The zero-order chi connectivity index (χ0) is 36.6. The molecule has 276 valence electrons. The average molecular weight is 698 g/mol. The van der Waals surface area contributed by atoms with Crippen molar-refractivity contribution in [3.8, 4) is 0 Å². The van der Waals surface area contributed by atoms with Gasteiger partial charge in [-0.1, -0.05) is 76.3 Å². The number of aromatic amines is 1. The Bertz CT molecular complexity index is 1360. The maximum absolute atomic E-state index is 14.2. The number of Topliss-reactive ketones (excluding diaryl/α,β-unsaturated/α-hetero) is 1. The molecule has 1 heterocycles. The number of benzene rings is 1. The van der Waals surface area contributed by atoms with Crippen molar-refractivity contribution in [1.82, 2.24) is 25.1 Å². The lowest BCUT2D eigenvalue weighted by Gasteiger charge is -2.34. The molecular formula is C37H55N5O8. The summed E-state index contributed by atoms with van der Waals surface area (Å²) in [6, 6.07) is 7.47. The van der Waals surface area contributed by atoms with Crippen molar-refractivity contribution in [3.63, 3.8) is 0 Å². The Labute approximate surface area is 295 Å². The van der Waals surface area contributed by atoms with Crippen molar-refractivity contribution in [2.24, 2.45) is 11.8 Å². The van der Waals surface area contributed by atoms with Gasteiger partial charge in [-0.25, -0.2) is 9.78 Å². The predicted octanol–water partition coefficient (Wildman–Crippen LogP) is 3.84. The average Bonchev–Trinajstić information content (AvgIpc) is 3.61. The van der Waals surface area contributed by atoms with Crippen LogP contribution in [0.3, 0.4) is 0 Å². The molecule has 13 nitrogen and oxygen atoms in total. The number of ether oxygens (including phenoxy) is 2. The third-order valence-electron chi connectivity index (χ3n) is 9.13. The summed E-state index contributed by atoms with van der Waals surface area (Å²) < 4.78 is 10.6. The second-order valence-electron chi connectivity index (χ2n) is 13.9. The second kappa shape index (κ2) is 20.4. The quantitative estimate of drug-likeness (QED) is 0.185. The van der Waals surface area contributed by atoms with E-state index in [1.165, 1.54) is 38.7 Å². The van der Waals surface area contributed by atoms with Gasteiger partial charge in [0.05, 0.1) is 18.5 Å². The fourth-order valence-electron chi connectivity index (χ4n) is 6.17. The molecule has 50 heavy (non-hydrogen) atoms. The van der Waals surface area contributed by atoms with Gasteiger partial charge in [0.1, 0.15) is 19.2 Å². The highest BCUT2D eigenvalue weighted by Gasteiger charge is 2.36. The number of aromatic nitrogens is 2. The number of imidazole rings is 1. The summed E-state index contributed by atoms with van der Waals surface area (Å²) in [7, 11) is 2.81. The van der Waals surface area contributed by atoms with Gasteiger partial charge >= 0.3 is 12.1 Å². The summed E-state index contributed by atoms with van der Waals surface area (Å²) in [5, 5.41) is 14.4. The summed E-state index contributed by atoms with van der Waals surface area (Å²) >= 11 is 0. The minimum absolute atomic E-state index is 0.00892. The number of H-pyrrole nitrogens is 1. The number of amides is 3. The van der Waals surface area contributed by atoms with Crippen molar-refractivity contribution in [2.45, 2.75) is 109 Å². The lowest BCUT2D eigenvalue weighted by Crippen LogP contribution is -2.56. The van der Waals surface area contributed by atoms with Crippen LogP contribution in [0.1, 0.15) is 83.4 Å². The minimum atomic E-state index is -1.35. The molecule has 1 fully saturated rings. The van der Waals surface area contributed by atoms with E-state index in [-0.39, 0.29) is 18.6 Å². The molecule has 1 aliphatic carbocycles. The number of likely N-dealkylation sites (N-methyl/N-ethyl adjacent to an activating group) is 2. The Kier molecular flexibility index (Phi) is 16.4. The largest absolute Gasteiger partial charge is 0.456 e. The molecule has 3 rings (SSSR count). The second-order valence-corrected chi connectivity index (χ2v) is 13.9. The number of nitrogens with zero attached hydrogens (tertiary/aromatic N) is 3. The molecule has 0 radical (unpaired) electrons. The van der Waals surface area contributed by atoms with Crippen LogP contribution in [0, 0.1) is 11.8 Å². The van der Waals surface area contributed by atoms with Crippen LogP contribution < -0.4 is 5.32 Å². The molecule has 0 saturated heterocycles. The van der Waals surface area contributed by atoms with Crippen LogP contribution in [0.2, 0.25) is 0 Å². The molecule has 0 unspecified atom stereocenters. The van der Waals surface area contributed by atoms with E-state index in [0.29, 0.717) is 35.9 Å². The van der Waals surface area contributed by atoms with E-state index < -0.39 is 61.3 Å². The van der Waals surface area contributed by atoms with E-state index in [2.05, 4.69) is 29.1 Å². The van der Waals surface area contributed by atoms with Crippen LogP contribution in [0.4, 0.5) is 4.79 Å². The molecule has 3 N–H and O–H groups in total. The summed E-state index contributed by atoms with van der Waals surface area (Å²) in [4.78, 5) is 74.3. The van der Waals surface area contributed by atoms with Crippen molar-refractivity contribution >= 4 is 29.7 Å². The zero-order valence-electron chi connectivity index (χ0n) is 30.1. The van der Waals surface area contributed by atoms with Gasteiger partial charge in [0.2, 0.25) is 5.91 Å². The summed E-state index contributed by atoms with van der Waals surface area (Å²) in [6.07, 6.45) is 7.67. The topological polar surface area (TPSA) is 171 Å². The predicted molar refractivity (Wildman–Crippen MR) is 187 cm³/mol. The van der Waals surface area contributed by atoms with Gasteiger partial charge in [-0.05, 0) is 43.6 Å². The molecule has 0 bridgehead atoms. The van der Waals surface area contributed by atoms with Crippen LogP contribution in [0.25, 0.3) is 0 Å². The standard InChI is InChI=1S/C37H55N5O8/c1-25(2)16-17-32(44)30(18-27-12-8-6-9-13-27)40-35(46)31(20-29-21-38-24-39-29)42(5)36(47)33(19-28-14-10-7-11-15-28)50-37(48)41(4)22-34(45)49-23-26(3)43/h7,10-11,14-15,21,24-25,27,30-33,44H,6,8-9,12-13,16-20,22-23H2,1-5H3,(H,38,39)(H,40,46)/t30-,31-,32-,33-/m0/s1. The SMILES string of the molecule is CC(=O)COC(=O)CN(C)C(=O)O[C@@H](Cc1ccccc1)C(=O)N(C)[C@@H](Cc1cnc[nH]1)C(=O)N[C@@H](CC1CCCCC1)[C@@H](O)CCC(C)C. The van der Waals surface area contributed by atoms with Gasteiger partial charge in [0.15, 0.2) is 11.9 Å². The van der Waals surface area contributed by atoms with E-state index >= 15 is 0 Å². The third kappa shape index (κ3) is 13.6. The monoisotopic (exact) mass is 697 g/mol. The lowest BCUT2D eigenvalue weighted by atomic mass is 9.83. The number of nitrogens with one attached hydrogen (secondary N) is 2. The number of hydrogen-bond acceptors (Lipinski definition) is 9. The Morgan fingerprint density at radius 2 is 1.72 bits per heavy atom. The maximum atomic E-state index is 14.2. The van der Waals surface area contributed by atoms with Crippen LogP contribution in [-0.4, -0.2) is 106 Å². The van der Waals surface area contributed by atoms with Crippen molar-refractivity contribution < 1.29 is 38.6 Å². The Balaban J connectivity index is 1.85. The molecule has 1 saturated carbocycles. The van der Waals surface area contributed by atoms with E-state index in [9.17, 15) is 29.1 Å². The van der Waals surface area contributed by atoms with Crippen molar-refractivity contribution in [2.75, 3.05) is 27.2 Å². The fourth-order valence-corrected chi connectivity index (χ4v) is 6.17.